The van der Waals surface area contributed by atoms with Gasteiger partial charge in [-0.15, -0.1) is 0 Å². The number of aliphatic imine (C=N–C) groups is 1. The lowest BCUT2D eigenvalue weighted by molar-refractivity contribution is 0.196. The average molecular weight is 300 g/mol. The minimum absolute atomic E-state index is 0.0596. The van der Waals surface area contributed by atoms with Gasteiger partial charge in [0.05, 0.1) is 0 Å². The van der Waals surface area contributed by atoms with Gasteiger partial charge < -0.3 is 4.74 Å². The Labute approximate surface area is 135 Å². The minimum Gasteiger partial charge on any atom is -0.465 e. The van der Waals surface area contributed by atoms with Crippen molar-refractivity contribution in [1.82, 2.24) is 4.98 Å². The van der Waals surface area contributed by atoms with Crippen molar-refractivity contribution in [3.63, 3.8) is 0 Å². The standard InChI is InChI=1S/C20H16N2O/c1-3-9-15(10-4-1)18-19(16-11-5-2-6-12-16)23-20(22-18)17-13-7-8-14-21-17/h1-14,18-19H. The molecule has 2 aromatic carbocycles. The molecule has 0 radical (unpaired) electrons. The maximum Gasteiger partial charge on any atom is 0.236 e. The van der Waals surface area contributed by atoms with Gasteiger partial charge in [-0.1, -0.05) is 66.7 Å². The van der Waals surface area contributed by atoms with Gasteiger partial charge in [-0.25, -0.2) is 4.99 Å². The van der Waals surface area contributed by atoms with Crippen LogP contribution in [-0.2, 0) is 4.74 Å². The van der Waals surface area contributed by atoms with Crippen molar-refractivity contribution in [2.45, 2.75) is 12.1 Å². The molecule has 3 aromatic rings. The highest BCUT2D eigenvalue weighted by molar-refractivity contribution is 5.93. The Morgan fingerprint density at radius 1 is 0.696 bits per heavy atom. The van der Waals surface area contributed by atoms with Crippen molar-refractivity contribution in [2.24, 2.45) is 4.99 Å². The van der Waals surface area contributed by atoms with E-state index in [9.17, 15) is 0 Å². The monoisotopic (exact) mass is 300 g/mol. The Balaban J connectivity index is 1.75. The summed E-state index contributed by atoms with van der Waals surface area (Å²) in [6, 6.07) is 26.2. The fourth-order valence-corrected chi connectivity index (χ4v) is 2.82. The Kier molecular flexibility index (Phi) is 3.60. The van der Waals surface area contributed by atoms with Crippen LogP contribution >= 0.6 is 0 Å². The van der Waals surface area contributed by atoms with E-state index in [4.69, 9.17) is 9.73 Å². The molecule has 0 N–H and O–H groups in total. The molecule has 0 fully saturated rings. The molecule has 3 nitrogen and oxygen atoms in total. The first-order chi connectivity index (χ1) is 11.4. The van der Waals surface area contributed by atoms with Crippen LogP contribution in [0.4, 0.5) is 0 Å². The summed E-state index contributed by atoms with van der Waals surface area (Å²) in [4.78, 5) is 9.18. The summed E-state index contributed by atoms with van der Waals surface area (Å²) in [5.74, 6) is 0.605. The van der Waals surface area contributed by atoms with Crippen LogP contribution in [0.1, 0.15) is 29.0 Å². The Bertz CT molecular complexity index is 801. The number of hydrogen-bond acceptors (Lipinski definition) is 3. The van der Waals surface area contributed by atoms with Gasteiger partial charge in [0.2, 0.25) is 5.90 Å². The molecule has 112 valence electrons. The lowest BCUT2D eigenvalue weighted by Gasteiger charge is -2.18. The lowest BCUT2D eigenvalue weighted by Crippen LogP contribution is -2.09. The van der Waals surface area contributed by atoms with E-state index >= 15 is 0 Å². The molecule has 0 saturated carbocycles. The molecule has 0 spiro atoms. The van der Waals surface area contributed by atoms with Gasteiger partial charge in [0, 0.05) is 6.20 Å². The molecule has 0 bridgehead atoms. The fraction of sp³-hybridized carbons (Fsp3) is 0.100. The van der Waals surface area contributed by atoms with E-state index in [-0.39, 0.29) is 12.1 Å². The SMILES string of the molecule is c1ccc(C2N=C(c3ccccn3)OC2c2ccccc2)cc1. The van der Waals surface area contributed by atoms with E-state index in [0.29, 0.717) is 5.90 Å². The number of rotatable bonds is 3. The molecule has 0 amide bonds. The van der Waals surface area contributed by atoms with Gasteiger partial charge in [-0.05, 0) is 23.3 Å². The normalized spacial score (nSPS) is 19.9. The van der Waals surface area contributed by atoms with Gasteiger partial charge in [0.15, 0.2) is 6.10 Å². The highest BCUT2D eigenvalue weighted by Crippen LogP contribution is 2.40. The van der Waals surface area contributed by atoms with Gasteiger partial charge in [-0.3, -0.25) is 4.98 Å². The lowest BCUT2D eigenvalue weighted by atomic mass is 9.97. The van der Waals surface area contributed by atoms with Crippen molar-refractivity contribution >= 4 is 5.90 Å². The second-order valence-corrected chi connectivity index (χ2v) is 5.45. The third kappa shape index (κ3) is 2.73. The molecular weight excluding hydrogens is 284 g/mol. The molecular formula is C20H16N2O. The maximum absolute atomic E-state index is 6.19. The molecule has 0 saturated heterocycles. The summed E-state index contributed by atoms with van der Waals surface area (Å²) in [5, 5.41) is 0. The molecule has 23 heavy (non-hydrogen) atoms. The van der Waals surface area contributed by atoms with Crippen LogP contribution in [0.2, 0.25) is 0 Å². The van der Waals surface area contributed by atoms with E-state index in [1.165, 1.54) is 0 Å². The van der Waals surface area contributed by atoms with Gasteiger partial charge in [0.25, 0.3) is 0 Å². The van der Waals surface area contributed by atoms with E-state index in [1.807, 2.05) is 54.6 Å². The largest absolute Gasteiger partial charge is 0.465 e. The summed E-state index contributed by atoms with van der Waals surface area (Å²) in [7, 11) is 0. The first-order valence-electron chi connectivity index (χ1n) is 7.67. The van der Waals surface area contributed by atoms with Gasteiger partial charge in [-0.2, -0.15) is 0 Å². The molecule has 2 atom stereocenters. The average Bonchev–Trinajstić information content (AvgIpc) is 3.09. The number of nitrogens with zero attached hydrogens (tertiary/aromatic N) is 2. The number of hydrogen-bond donors (Lipinski definition) is 0. The summed E-state index contributed by atoms with van der Waals surface area (Å²) >= 11 is 0. The summed E-state index contributed by atoms with van der Waals surface area (Å²) < 4.78 is 6.19. The summed E-state index contributed by atoms with van der Waals surface area (Å²) in [6.45, 7) is 0. The van der Waals surface area contributed by atoms with Crippen molar-refractivity contribution in [3.05, 3.63) is 102 Å². The van der Waals surface area contributed by atoms with Crippen molar-refractivity contribution < 1.29 is 4.74 Å². The van der Waals surface area contributed by atoms with Crippen LogP contribution in [0.25, 0.3) is 0 Å². The van der Waals surface area contributed by atoms with Crippen LogP contribution in [0.15, 0.2) is 90.1 Å². The first-order valence-corrected chi connectivity index (χ1v) is 7.67. The van der Waals surface area contributed by atoms with E-state index in [0.717, 1.165) is 16.8 Å². The molecule has 2 heterocycles. The van der Waals surface area contributed by atoms with E-state index in [1.54, 1.807) is 6.20 Å². The predicted octanol–water partition coefficient (Wildman–Crippen LogP) is 4.34. The summed E-state index contributed by atoms with van der Waals surface area (Å²) in [6.07, 6.45) is 1.63. The Morgan fingerprint density at radius 3 is 2.00 bits per heavy atom. The molecule has 1 aliphatic heterocycles. The second kappa shape index (κ2) is 6.05. The molecule has 1 aromatic heterocycles. The highest BCUT2D eigenvalue weighted by atomic mass is 16.5. The smallest absolute Gasteiger partial charge is 0.236 e. The number of aromatic nitrogens is 1. The van der Waals surface area contributed by atoms with E-state index < -0.39 is 0 Å². The molecule has 3 heteroatoms. The van der Waals surface area contributed by atoms with Crippen molar-refractivity contribution in [1.29, 1.82) is 0 Å². The first kappa shape index (κ1) is 13.7. The fourth-order valence-electron chi connectivity index (χ4n) is 2.82. The van der Waals surface area contributed by atoms with Crippen molar-refractivity contribution in [3.8, 4) is 0 Å². The van der Waals surface area contributed by atoms with Crippen LogP contribution in [0, 0.1) is 0 Å². The van der Waals surface area contributed by atoms with Crippen LogP contribution < -0.4 is 0 Å². The third-order valence-corrected chi connectivity index (χ3v) is 3.93. The minimum atomic E-state index is -0.129. The van der Waals surface area contributed by atoms with Gasteiger partial charge in [0.1, 0.15) is 11.7 Å². The van der Waals surface area contributed by atoms with E-state index in [2.05, 4.69) is 29.2 Å². The zero-order valence-corrected chi connectivity index (χ0v) is 12.5. The van der Waals surface area contributed by atoms with Crippen molar-refractivity contribution in [2.75, 3.05) is 0 Å². The number of benzene rings is 2. The molecule has 4 rings (SSSR count). The third-order valence-electron chi connectivity index (χ3n) is 3.93. The molecule has 0 aliphatic carbocycles. The summed E-state index contributed by atoms with van der Waals surface area (Å²) in [5.41, 5.74) is 3.04. The zero-order valence-electron chi connectivity index (χ0n) is 12.5. The highest BCUT2D eigenvalue weighted by Gasteiger charge is 2.34. The van der Waals surface area contributed by atoms with Crippen LogP contribution in [0.3, 0.4) is 0 Å². The number of pyridine rings is 1. The Hall–Kier alpha value is -2.94. The van der Waals surface area contributed by atoms with Crippen LogP contribution in [-0.4, -0.2) is 10.9 Å². The quantitative estimate of drug-likeness (QED) is 0.721. The Morgan fingerprint density at radius 2 is 1.35 bits per heavy atom. The molecule has 1 aliphatic rings. The zero-order chi connectivity index (χ0) is 15.5. The number of ether oxygens (including phenoxy) is 1. The van der Waals surface area contributed by atoms with Gasteiger partial charge >= 0.3 is 0 Å². The van der Waals surface area contributed by atoms with Crippen LogP contribution in [0.5, 0.6) is 0 Å². The molecule has 2 unspecified atom stereocenters. The predicted molar refractivity (Wildman–Crippen MR) is 90.2 cm³/mol. The topological polar surface area (TPSA) is 34.5 Å². The second-order valence-electron chi connectivity index (χ2n) is 5.45. The maximum atomic E-state index is 6.19.